The van der Waals surface area contributed by atoms with Gasteiger partial charge in [0, 0.05) is 32.9 Å². The Balaban J connectivity index is 2.83. The third-order valence-corrected chi connectivity index (χ3v) is 2.76. The van der Waals surface area contributed by atoms with Crippen molar-refractivity contribution in [2.45, 2.75) is 32.9 Å². The molecule has 1 unspecified atom stereocenters. The average molecular weight is 298 g/mol. The number of rotatable bonds is 11. The summed E-state index contributed by atoms with van der Waals surface area (Å²) in [7, 11) is 1.64. The van der Waals surface area contributed by atoms with Crippen LogP contribution < -0.4 is 10.6 Å². The first-order chi connectivity index (χ1) is 10.2. The summed E-state index contributed by atoms with van der Waals surface area (Å²) in [6.45, 7) is 6.32. The lowest BCUT2D eigenvalue weighted by molar-refractivity contribution is 0.128. The molecule has 7 nitrogen and oxygen atoms in total. The molecule has 1 rings (SSSR count). The number of aromatic nitrogens is 2. The van der Waals surface area contributed by atoms with Gasteiger partial charge in [0.2, 0.25) is 0 Å². The smallest absolute Gasteiger partial charge is 0.158 e. The third kappa shape index (κ3) is 6.70. The molecule has 1 aromatic rings. The van der Waals surface area contributed by atoms with Gasteiger partial charge in [0.05, 0.1) is 12.6 Å². The maximum absolute atomic E-state index is 9.09. The third-order valence-electron chi connectivity index (χ3n) is 2.76. The van der Waals surface area contributed by atoms with E-state index in [-0.39, 0.29) is 12.6 Å². The van der Waals surface area contributed by atoms with Crippen molar-refractivity contribution in [1.29, 1.82) is 0 Å². The minimum Gasteiger partial charge on any atom is -0.396 e. The standard InChI is InChI=1S/C14H26N4O3/c1-4-15-12-8-13(16-11(6-7-19)9-20-3)18-14(17-12)10-21-5-2/h8,11,19H,4-7,9-10H2,1-3H3,(H2,15,16,17,18). The van der Waals surface area contributed by atoms with Crippen LogP contribution in [0, 0.1) is 0 Å². The largest absolute Gasteiger partial charge is 0.396 e. The number of ether oxygens (including phenoxy) is 2. The van der Waals surface area contributed by atoms with Crippen LogP contribution in [0.3, 0.4) is 0 Å². The lowest BCUT2D eigenvalue weighted by Crippen LogP contribution is -2.27. The molecule has 0 aliphatic heterocycles. The molecule has 0 aromatic carbocycles. The van der Waals surface area contributed by atoms with Crippen LogP contribution in [-0.4, -0.2) is 54.6 Å². The molecule has 1 aromatic heterocycles. The van der Waals surface area contributed by atoms with Crippen molar-refractivity contribution in [3.8, 4) is 0 Å². The summed E-state index contributed by atoms with van der Waals surface area (Å²) in [6, 6.07) is 1.85. The normalized spacial score (nSPS) is 12.2. The second-order valence-corrected chi connectivity index (χ2v) is 4.53. The molecule has 0 aliphatic carbocycles. The molecule has 0 amide bonds. The van der Waals surface area contributed by atoms with Gasteiger partial charge in [-0.15, -0.1) is 0 Å². The van der Waals surface area contributed by atoms with Gasteiger partial charge in [-0.05, 0) is 20.3 Å². The Kier molecular flexibility index (Phi) is 8.65. The van der Waals surface area contributed by atoms with Crippen LogP contribution >= 0.6 is 0 Å². The first-order valence-corrected chi connectivity index (χ1v) is 7.29. The van der Waals surface area contributed by atoms with Crippen LogP contribution in [0.1, 0.15) is 26.1 Å². The van der Waals surface area contributed by atoms with Crippen molar-refractivity contribution < 1.29 is 14.6 Å². The van der Waals surface area contributed by atoms with Gasteiger partial charge in [0.15, 0.2) is 5.82 Å². The number of aliphatic hydroxyl groups is 1. The van der Waals surface area contributed by atoms with E-state index in [1.54, 1.807) is 7.11 Å². The van der Waals surface area contributed by atoms with Crippen LogP contribution in [0.5, 0.6) is 0 Å². The van der Waals surface area contributed by atoms with Gasteiger partial charge >= 0.3 is 0 Å². The molecule has 0 saturated carbocycles. The van der Waals surface area contributed by atoms with Crippen molar-refractivity contribution in [1.82, 2.24) is 9.97 Å². The maximum Gasteiger partial charge on any atom is 0.158 e. The number of nitrogens with zero attached hydrogens (tertiary/aromatic N) is 2. The van der Waals surface area contributed by atoms with Crippen LogP contribution in [0.2, 0.25) is 0 Å². The average Bonchev–Trinajstić information content (AvgIpc) is 2.46. The molecular formula is C14H26N4O3. The summed E-state index contributed by atoms with van der Waals surface area (Å²) in [4.78, 5) is 8.83. The van der Waals surface area contributed by atoms with Gasteiger partial charge in [-0.3, -0.25) is 0 Å². The molecule has 0 saturated heterocycles. The second kappa shape index (κ2) is 10.3. The van der Waals surface area contributed by atoms with E-state index in [2.05, 4.69) is 20.6 Å². The van der Waals surface area contributed by atoms with Crippen molar-refractivity contribution >= 4 is 11.6 Å². The van der Waals surface area contributed by atoms with E-state index in [4.69, 9.17) is 14.6 Å². The van der Waals surface area contributed by atoms with Gasteiger partial charge < -0.3 is 25.2 Å². The summed E-state index contributed by atoms with van der Waals surface area (Å²) < 4.78 is 10.5. The fourth-order valence-corrected chi connectivity index (χ4v) is 1.86. The fraction of sp³-hybridized carbons (Fsp3) is 0.714. The van der Waals surface area contributed by atoms with E-state index < -0.39 is 0 Å². The van der Waals surface area contributed by atoms with Crippen molar-refractivity contribution in [2.24, 2.45) is 0 Å². The number of methoxy groups -OCH3 is 1. The summed E-state index contributed by atoms with van der Waals surface area (Å²) in [5.74, 6) is 2.08. The monoisotopic (exact) mass is 298 g/mol. The molecule has 21 heavy (non-hydrogen) atoms. The summed E-state index contributed by atoms with van der Waals surface area (Å²) in [5, 5.41) is 15.5. The number of hydrogen-bond acceptors (Lipinski definition) is 7. The Hall–Kier alpha value is -1.44. The Morgan fingerprint density at radius 1 is 1.29 bits per heavy atom. The molecule has 0 aliphatic rings. The van der Waals surface area contributed by atoms with E-state index in [1.807, 2.05) is 19.9 Å². The number of nitrogens with one attached hydrogen (secondary N) is 2. The Labute approximate surface area is 126 Å². The molecule has 120 valence electrons. The highest BCUT2D eigenvalue weighted by atomic mass is 16.5. The van der Waals surface area contributed by atoms with Crippen LogP contribution in [0.15, 0.2) is 6.07 Å². The molecule has 1 heterocycles. The highest BCUT2D eigenvalue weighted by molar-refractivity contribution is 5.48. The number of anilines is 2. The van der Waals surface area contributed by atoms with Crippen molar-refractivity contribution in [3.63, 3.8) is 0 Å². The zero-order valence-corrected chi connectivity index (χ0v) is 13.1. The predicted octanol–water partition coefficient (Wildman–Crippen LogP) is 1.25. The fourth-order valence-electron chi connectivity index (χ4n) is 1.86. The minimum atomic E-state index is 0.00400. The zero-order valence-electron chi connectivity index (χ0n) is 13.1. The van der Waals surface area contributed by atoms with Gasteiger partial charge in [0.1, 0.15) is 18.2 Å². The summed E-state index contributed by atoms with van der Waals surface area (Å²) in [5.41, 5.74) is 0. The topological polar surface area (TPSA) is 88.5 Å². The lowest BCUT2D eigenvalue weighted by Gasteiger charge is -2.18. The van der Waals surface area contributed by atoms with Crippen molar-refractivity contribution in [3.05, 3.63) is 11.9 Å². The molecule has 0 radical (unpaired) electrons. The molecule has 3 N–H and O–H groups in total. The Morgan fingerprint density at radius 2 is 2.05 bits per heavy atom. The Bertz CT molecular complexity index is 398. The lowest BCUT2D eigenvalue weighted by atomic mass is 10.2. The van der Waals surface area contributed by atoms with Crippen molar-refractivity contribution in [2.75, 3.05) is 44.1 Å². The maximum atomic E-state index is 9.09. The first-order valence-electron chi connectivity index (χ1n) is 7.29. The zero-order chi connectivity index (χ0) is 15.5. The second-order valence-electron chi connectivity index (χ2n) is 4.53. The first kappa shape index (κ1) is 17.6. The molecular weight excluding hydrogens is 272 g/mol. The van der Waals surface area contributed by atoms with E-state index in [1.165, 1.54) is 0 Å². The van der Waals surface area contributed by atoms with E-state index in [0.717, 1.165) is 12.4 Å². The molecule has 0 fully saturated rings. The van der Waals surface area contributed by atoms with Gasteiger partial charge in [-0.25, -0.2) is 9.97 Å². The van der Waals surface area contributed by atoms with E-state index in [0.29, 0.717) is 37.9 Å². The highest BCUT2D eigenvalue weighted by Gasteiger charge is 2.11. The Morgan fingerprint density at radius 3 is 2.67 bits per heavy atom. The quantitative estimate of drug-likeness (QED) is 0.566. The van der Waals surface area contributed by atoms with E-state index >= 15 is 0 Å². The molecule has 7 heteroatoms. The molecule has 1 atom stereocenters. The summed E-state index contributed by atoms with van der Waals surface area (Å²) in [6.07, 6.45) is 0.592. The van der Waals surface area contributed by atoms with Crippen LogP contribution in [0.25, 0.3) is 0 Å². The highest BCUT2D eigenvalue weighted by Crippen LogP contribution is 2.14. The summed E-state index contributed by atoms with van der Waals surface area (Å²) >= 11 is 0. The SMILES string of the molecule is CCNc1cc(NC(CCO)COC)nc(COCC)n1. The predicted molar refractivity (Wildman–Crippen MR) is 82.5 cm³/mol. The van der Waals surface area contributed by atoms with Crippen LogP contribution in [-0.2, 0) is 16.1 Å². The minimum absolute atomic E-state index is 0.00400. The number of aliphatic hydroxyl groups excluding tert-OH is 1. The molecule has 0 spiro atoms. The van der Waals surface area contributed by atoms with Gasteiger partial charge in [-0.2, -0.15) is 0 Å². The van der Waals surface area contributed by atoms with E-state index in [9.17, 15) is 0 Å². The van der Waals surface area contributed by atoms with Crippen LogP contribution in [0.4, 0.5) is 11.6 Å². The van der Waals surface area contributed by atoms with Gasteiger partial charge in [0.25, 0.3) is 0 Å². The molecule has 0 bridgehead atoms. The van der Waals surface area contributed by atoms with Gasteiger partial charge in [-0.1, -0.05) is 0 Å². The number of hydrogen-bond donors (Lipinski definition) is 3.